The molecule has 1 aromatic heterocycles. The molecule has 0 fully saturated rings. The summed E-state index contributed by atoms with van der Waals surface area (Å²) in [4.78, 5) is 37.5. The molecule has 0 aliphatic carbocycles. The molecule has 0 aliphatic heterocycles. The molecule has 0 radical (unpaired) electrons. The maximum absolute atomic E-state index is 12.2. The van der Waals surface area contributed by atoms with E-state index in [0.29, 0.717) is 5.56 Å². The van der Waals surface area contributed by atoms with Gasteiger partial charge in [-0.2, -0.15) is 0 Å². The number of carboxylic acids is 1. The molecule has 5 nitrogen and oxygen atoms in total. The molecule has 1 heterocycles. The highest BCUT2D eigenvalue weighted by Crippen LogP contribution is 2.22. The Labute approximate surface area is 150 Å². The van der Waals surface area contributed by atoms with Crippen molar-refractivity contribution in [2.24, 2.45) is 0 Å². The summed E-state index contributed by atoms with van der Waals surface area (Å²) in [6, 6.07) is 10.2. The van der Waals surface area contributed by atoms with Gasteiger partial charge in [0.05, 0.1) is 12.5 Å². The number of ketones is 1. The van der Waals surface area contributed by atoms with Crippen LogP contribution in [0.15, 0.2) is 36.4 Å². The van der Waals surface area contributed by atoms with Crippen LogP contribution in [0.1, 0.15) is 51.0 Å². The number of Topliss-reactive ketones (excluding diaryl/α,β-unsaturated/α-hetero) is 1. The third-order valence-electron chi connectivity index (χ3n) is 3.84. The molecule has 0 spiro atoms. The van der Waals surface area contributed by atoms with E-state index in [0.717, 1.165) is 15.3 Å². The predicted molar refractivity (Wildman–Crippen MR) is 96.9 cm³/mol. The van der Waals surface area contributed by atoms with E-state index in [1.54, 1.807) is 35.6 Å². The van der Waals surface area contributed by atoms with Gasteiger partial charge in [0, 0.05) is 28.2 Å². The van der Waals surface area contributed by atoms with Gasteiger partial charge in [-0.15, -0.1) is 11.3 Å². The molecule has 1 amide bonds. The lowest BCUT2D eigenvalue weighted by molar-refractivity contribution is -0.137. The van der Waals surface area contributed by atoms with Crippen molar-refractivity contribution in [3.05, 3.63) is 57.3 Å². The monoisotopic (exact) mass is 359 g/mol. The Morgan fingerprint density at radius 2 is 1.80 bits per heavy atom. The molecule has 1 unspecified atom stereocenters. The van der Waals surface area contributed by atoms with Crippen molar-refractivity contribution >= 4 is 29.0 Å². The molecule has 1 atom stereocenters. The number of thiophene rings is 1. The third kappa shape index (κ3) is 5.53. The van der Waals surface area contributed by atoms with Gasteiger partial charge in [-0.05, 0) is 25.5 Å². The minimum atomic E-state index is -0.991. The zero-order valence-electron chi connectivity index (χ0n) is 14.2. The van der Waals surface area contributed by atoms with E-state index < -0.39 is 12.0 Å². The second-order valence-electron chi connectivity index (χ2n) is 5.88. The Morgan fingerprint density at radius 1 is 1.12 bits per heavy atom. The quantitative estimate of drug-likeness (QED) is 0.705. The fraction of sp³-hybridized carbons (Fsp3) is 0.316. The SMILES string of the molecule is Cc1cc(C(=O)CCC(=O)NC(CC(=O)O)c2ccccc2)c(C)s1. The van der Waals surface area contributed by atoms with Crippen LogP contribution in [0.3, 0.4) is 0 Å². The summed E-state index contributed by atoms with van der Waals surface area (Å²) in [5, 5.41) is 11.8. The van der Waals surface area contributed by atoms with Crippen molar-refractivity contribution in [1.29, 1.82) is 0 Å². The summed E-state index contributed by atoms with van der Waals surface area (Å²) >= 11 is 1.56. The van der Waals surface area contributed by atoms with E-state index in [2.05, 4.69) is 5.32 Å². The number of hydrogen-bond donors (Lipinski definition) is 2. The summed E-state index contributed by atoms with van der Waals surface area (Å²) in [7, 11) is 0. The number of carbonyl (C=O) groups excluding carboxylic acids is 2. The van der Waals surface area contributed by atoms with Gasteiger partial charge in [0.15, 0.2) is 5.78 Å². The molecular weight excluding hydrogens is 338 g/mol. The molecule has 0 bridgehead atoms. The molecule has 0 aliphatic rings. The fourth-order valence-corrected chi connectivity index (χ4v) is 3.59. The molecule has 0 saturated heterocycles. The zero-order valence-corrected chi connectivity index (χ0v) is 15.1. The lowest BCUT2D eigenvalue weighted by Gasteiger charge is -2.17. The average molecular weight is 359 g/mol. The lowest BCUT2D eigenvalue weighted by Crippen LogP contribution is -2.30. The van der Waals surface area contributed by atoms with Gasteiger partial charge in [-0.25, -0.2) is 0 Å². The summed E-state index contributed by atoms with van der Waals surface area (Å²) in [5.74, 6) is -1.38. The van der Waals surface area contributed by atoms with Gasteiger partial charge in [0.2, 0.25) is 5.91 Å². The van der Waals surface area contributed by atoms with Gasteiger partial charge in [0.1, 0.15) is 0 Å². The third-order valence-corrected chi connectivity index (χ3v) is 4.80. The van der Waals surface area contributed by atoms with Gasteiger partial charge in [-0.1, -0.05) is 30.3 Å². The number of nitrogens with one attached hydrogen (secondary N) is 1. The second-order valence-corrected chi connectivity index (χ2v) is 7.34. The van der Waals surface area contributed by atoms with Crippen LogP contribution in [-0.2, 0) is 9.59 Å². The van der Waals surface area contributed by atoms with Crippen molar-refractivity contribution in [3.8, 4) is 0 Å². The van der Waals surface area contributed by atoms with E-state index in [-0.39, 0.29) is 31.0 Å². The second kappa shape index (κ2) is 8.58. The first kappa shape index (κ1) is 18.9. The molecule has 2 rings (SSSR count). The highest BCUT2D eigenvalue weighted by molar-refractivity contribution is 7.12. The van der Waals surface area contributed by atoms with Gasteiger partial charge >= 0.3 is 5.97 Å². The maximum Gasteiger partial charge on any atom is 0.305 e. The predicted octanol–water partition coefficient (Wildman–Crippen LogP) is 3.66. The van der Waals surface area contributed by atoms with Gasteiger partial charge < -0.3 is 10.4 Å². The largest absolute Gasteiger partial charge is 0.481 e. The summed E-state index contributed by atoms with van der Waals surface area (Å²) in [6.45, 7) is 3.83. The van der Waals surface area contributed by atoms with Crippen LogP contribution in [0, 0.1) is 13.8 Å². The number of aliphatic carboxylic acids is 1. The summed E-state index contributed by atoms with van der Waals surface area (Å²) in [6.07, 6.45) is -0.0555. The molecule has 6 heteroatoms. The number of benzene rings is 1. The van der Waals surface area contributed by atoms with Gasteiger partial charge in [-0.3, -0.25) is 14.4 Å². The average Bonchev–Trinajstić information content (AvgIpc) is 2.91. The van der Waals surface area contributed by atoms with Crippen LogP contribution in [0.2, 0.25) is 0 Å². The van der Waals surface area contributed by atoms with Crippen molar-refractivity contribution in [3.63, 3.8) is 0 Å². The molecule has 25 heavy (non-hydrogen) atoms. The van der Waals surface area contributed by atoms with Crippen LogP contribution in [0.4, 0.5) is 0 Å². The first-order valence-electron chi connectivity index (χ1n) is 8.03. The van der Waals surface area contributed by atoms with Crippen LogP contribution < -0.4 is 5.32 Å². The fourth-order valence-electron chi connectivity index (χ4n) is 2.65. The molecule has 1 aromatic carbocycles. The molecule has 2 aromatic rings. The van der Waals surface area contributed by atoms with Crippen molar-refractivity contribution in [1.82, 2.24) is 5.32 Å². The molecule has 2 N–H and O–H groups in total. The molecular formula is C19H21NO4S. The van der Waals surface area contributed by atoms with E-state index in [1.165, 1.54) is 0 Å². The Kier molecular flexibility index (Phi) is 6.47. The number of aryl methyl sites for hydroxylation is 2. The summed E-state index contributed by atoms with van der Waals surface area (Å²) < 4.78 is 0. The Hall–Kier alpha value is -2.47. The van der Waals surface area contributed by atoms with Crippen molar-refractivity contribution in [2.45, 2.75) is 39.2 Å². The van der Waals surface area contributed by atoms with Crippen LogP contribution in [-0.4, -0.2) is 22.8 Å². The van der Waals surface area contributed by atoms with E-state index in [9.17, 15) is 14.4 Å². The number of carbonyl (C=O) groups is 3. The minimum absolute atomic E-state index is 0.0378. The first-order valence-corrected chi connectivity index (χ1v) is 8.85. The lowest BCUT2D eigenvalue weighted by atomic mass is 10.0. The van der Waals surface area contributed by atoms with Crippen LogP contribution in [0.25, 0.3) is 0 Å². The minimum Gasteiger partial charge on any atom is -0.481 e. The summed E-state index contributed by atoms with van der Waals surface area (Å²) in [5.41, 5.74) is 1.40. The smallest absolute Gasteiger partial charge is 0.305 e. The Morgan fingerprint density at radius 3 is 2.36 bits per heavy atom. The highest BCUT2D eigenvalue weighted by Gasteiger charge is 2.19. The molecule has 132 valence electrons. The van der Waals surface area contributed by atoms with Crippen LogP contribution in [0.5, 0.6) is 0 Å². The Balaban J connectivity index is 1.96. The van der Waals surface area contributed by atoms with Crippen molar-refractivity contribution < 1.29 is 19.5 Å². The number of rotatable bonds is 8. The highest BCUT2D eigenvalue weighted by atomic mass is 32.1. The van der Waals surface area contributed by atoms with E-state index >= 15 is 0 Å². The molecule has 0 saturated carbocycles. The normalized spacial score (nSPS) is 11.8. The van der Waals surface area contributed by atoms with Crippen molar-refractivity contribution in [2.75, 3.05) is 0 Å². The topological polar surface area (TPSA) is 83.5 Å². The van der Waals surface area contributed by atoms with E-state index in [1.807, 2.05) is 26.0 Å². The Bertz CT molecular complexity index is 767. The standard InChI is InChI=1S/C19H21NO4S/c1-12-10-15(13(2)25-12)17(21)8-9-18(22)20-16(11-19(23)24)14-6-4-3-5-7-14/h3-7,10,16H,8-9,11H2,1-2H3,(H,20,22)(H,23,24). The number of amides is 1. The maximum atomic E-state index is 12.2. The number of hydrogen-bond acceptors (Lipinski definition) is 4. The van der Waals surface area contributed by atoms with E-state index in [4.69, 9.17) is 5.11 Å². The first-order chi connectivity index (χ1) is 11.9. The van der Waals surface area contributed by atoms with Crippen LogP contribution >= 0.6 is 11.3 Å². The van der Waals surface area contributed by atoms with Gasteiger partial charge in [0.25, 0.3) is 0 Å². The zero-order chi connectivity index (χ0) is 18.4. The number of carboxylic acid groups (broad SMARTS) is 1.